The van der Waals surface area contributed by atoms with Crippen LogP contribution in [0.3, 0.4) is 0 Å². The van der Waals surface area contributed by atoms with Crippen LogP contribution in [-0.4, -0.2) is 55.8 Å². The summed E-state index contributed by atoms with van der Waals surface area (Å²) in [6, 6.07) is 5.07. The highest BCUT2D eigenvalue weighted by Crippen LogP contribution is 2.26. The molecule has 1 aliphatic rings. The minimum absolute atomic E-state index is 0.154. The van der Waals surface area contributed by atoms with Crippen LogP contribution in [0.4, 0.5) is 0 Å². The highest BCUT2D eigenvalue weighted by Gasteiger charge is 2.36. The third-order valence-electron chi connectivity index (χ3n) is 4.44. The molecule has 1 fully saturated rings. The fourth-order valence-corrected chi connectivity index (χ4v) is 3.00. The van der Waals surface area contributed by atoms with E-state index in [-0.39, 0.29) is 23.6 Å². The molecule has 0 aliphatic carbocycles. The molecular formula is C18H27N3O4. The van der Waals surface area contributed by atoms with Crippen molar-refractivity contribution in [1.29, 1.82) is 0 Å². The molecule has 1 aliphatic heterocycles. The van der Waals surface area contributed by atoms with E-state index < -0.39 is 0 Å². The zero-order valence-electron chi connectivity index (χ0n) is 15.3. The highest BCUT2D eigenvalue weighted by molar-refractivity contribution is 5.82. The lowest BCUT2D eigenvalue weighted by atomic mass is 9.99. The number of phenolic OH excluding ortho intramolecular Hbond substituents is 1. The summed E-state index contributed by atoms with van der Waals surface area (Å²) in [5.74, 6) is 1.44. The third-order valence-corrected chi connectivity index (χ3v) is 4.44. The molecule has 0 aromatic heterocycles. The molecule has 2 atom stereocenters. The molecule has 1 aromatic rings. The van der Waals surface area contributed by atoms with Crippen LogP contribution in [0.5, 0.6) is 11.5 Å². The molecule has 0 bridgehead atoms. The monoisotopic (exact) mass is 349 g/mol. The molecule has 1 saturated heterocycles. The summed E-state index contributed by atoms with van der Waals surface area (Å²) >= 11 is 0. The highest BCUT2D eigenvalue weighted by atomic mass is 16.5. The van der Waals surface area contributed by atoms with Crippen molar-refractivity contribution in [2.75, 3.05) is 33.9 Å². The minimum atomic E-state index is -0.184. The van der Waals surface area contributed by atoms with E-state index in [4.69, 9.17) is 9.47 Å². The molecule has 0 radical (unpaired) electrons. The van der Waals surface area contributed by atoms with Crippen LogP contribution in [0.25, 0.3) is 0 Å². The number of esters is 1. The normalized spacial score (nSPS) is 20.5. The average molecular weight is 349 g/mol. The molecule has 0 spiro atoms. The number of methoxy groups -OCH3 is 2. The predicted octanol–water partition coefficient (Wildman–Crippen LogP) is 1.61. The van der Waals surface area contributed by atoms with Gasteiger partial charge in [-0.2, -0.15) is 0 Å². The Bertz CT molecular complexity index is 633. The van der Waals surface area contributed by atoms with E-state index in [1.807, 2.05) is 13.8 Å². The van der Waals surface area contributed by atoms with Gasteiger partial charge in [0.1, 0.15) is 11.5 Å². The number of hydrogen-bond donors (Lipinski definition) is 2. The maximum Gasteiger partial charge on any atom is 0.310 e. The fraction of sp³-hybridized carbons (Fsp3) is 0.556. The number of hydrogen-bond acceptors (Lipinski definition) is 5. The molecule has 0 amide bonds. The Morgan fingerprint density at radius 1 is 1.40 bits per heavy atom. The van der Waals surface area contributed by atoms with E-state index in [9.17, 15) is 9.90 Å². The number of carbonyl (C=O) groups excluding carboxylic acids is 1. The molecule has 1 heterocycles. The van der Waals surface area contributed by atoms with E-state index >= 15 is 0 Å². The second-order valence-electron chi connectivity index (χ2n) is 6.18. The number of nitrogens with one attached hydrogen (secondary N) is 1. The van der Waals surface area contributed by atoms with Gasteiger partial charge in [0.05, 0.1) is 26.7 Å². The Balaban J connectivity index is 2.15. The first-order valence-corrected chi connectivity index (χ1v) is 8.47. The van der Waals surface area contributed by atoms with Gasteiger partial charge >= 0.3 is 5.97 Å². The zero-order chi connectivity index (χ0) is 18.4. The topological polar surface area (TPSA) is 83.4 Å². The molecule has 1 aromatic carbocycles. The van der Waals surface area contributed by atoms with Gasteiger partial charge in [0.15, 0.2) is 5.96 Å². The quantitative estimate of drug-likeness (QED) is 0.477. The van der Waals surface area contributed by atoms with Crippen molar-refractivity contribution in [2.24, 2.45) is 16.8 Å². The lowest BCUT2D eigenvalue weighted by molar-refractivity contribution is -0.145. The largest absolute Gasteiger partial charge is 0.508 e. The summed E-state index contributed by atoms with van der Waals surface area (Å²) in [4.78, 5) is 18.6. The summed E-state index contributed by atoms with van der Waals surface area (Å²) in [5.41, 5.74) is 0.687. The van der Waals surface area contributed by atoms with E-state index in [2.05, 4.69) is 15.2 Å². The molecule has 25 heavy (non-hydrogen) atoms. The van der Waals surface area contributed by atoms with Gasteiger partial charge < -0.3 is 24.8 Å². The second-order valence-corrected chi connectivity index (χ2v) is 6.18. The number of nitrogens with zero attached hydrogens (tertiary/aromatic N) is 2. The van der Waals surface area contributed by atoms with Crippen molar-refractivity contribution in [1.82, 2.24) is 10.2 Å². The second kappa shape index (κ2) is 8.60. The maximum absolute atomic E-state index is 11.9. The molecule has 2 N–H and O–H groups in total. The van der Waals surface area contributed by atoms with Crippen molar-refractivity contribution in [2.45, 2.75) is 20.4 Å². The third kappa shape index (κ3) is 4.55. The van der Waals surface area contributed by atoms with Gasteiger partial charge in [-0.1, -0.05) is 6.92 Å². The molecule has 7 heteroatoms. The van der Waals surface area contributed by atoms with Crippen molar-refractivity contribution in [3.8, 4) is 11.5 Å². The Morgan fingerprint density at radius 3 is 2.80 bits per heavy atom. The number of carbonyl (C=O) groups is 1. The van der Waals surface area contributed by atoms with E-state index in [1.54, 1.807) is 25.3 Å². The van der Waals surface area contributed by atoms with Crippen molar-refractivity contribution in [3.63, 3.8) is 0 Å². The van der Waals surface area contributed by atoms with Crippen LogP contribution >= 0.6 is 0 Å². The molecular weight excluding hydrogens is 322 g/mol. The van der Waals surface area contributed by atoms with E-state index in [0.29, 0.717) is 24.4 Å². The first kappa shape index (κ1) is 18.9. The molecule has 2 unspecified atom stereocenters. The lowest BCUT2D eigenvalue weighted by Gasteiger charge is -2.21. The number of guanidine groups is 1. The van der Waals surface area contributed by atoms with Crippen LogP contribution in [0.1, 0.15) is 19.4 Å². The van der Waals surface area contributed by atoms with Gasteiger partial charge in [-0.05, 0) is 31.0 Å². The summed E-state index contributed by atoms with van der Waals surface area (Å²) in [6.45, 7) is 6.38. The number of aliphatic imine (C=N–C) groups is 1. The SMILES string of the molecule is CCNC(=NCc1cc(OC)ccc1O)N1CC(C)C(C(=O)OC)C1. The zero-order valence-corrected chi connectivity index (χ0v) is 15.3. The van der Waals surface area contributed by atoms with Gasteiger partial charge in [-0.15, -0.1) is 0 Å². The Morgan fingerprint density at radius 2 is 2.16 bits per heavy atom. The fourth-order valence-electron chi connectivity index (χ4n) is 3.00. The van der Waals surface area contributed by atoms with Crippen molar-refractivity contribution >= 4 is 11.9 Å². The van der Waals surface area contributed by atoms with Crippen LogP contribution in [0, 0.1) is 11.8 Å². The number of benzene rings is 1. The maximum atomic E-state index is 11.9. The Labute approximate surface area is 148 Å². The number of ether oxygens (including phenoxy) is 2. The predicted molar refractivity (Wildman–Crippen MR) is 95.7 cm³/mol. The van der Waals surface area contributed by atoms with Crippen LogP contribution in [-0.2, 0) is 16.1 Å². The van der Waals surface area contributed by atoms with Crippen molar-refractivity contribution in [3.05, 3.63) is 23.8 Å². The van der Waals surface area contributed by atoms with Crippen LogP contribution in [0.15, 0.2) is 23.2 Å². The molecule has 2 rings (SSSR count). The summed E-state index contributed by atoms with van der Waals surface area (Å²) in [6.07, 6.45) is 0. The van der Waals surface area contributed by atoms with Crippen molar-refractivity contribution < 1.29 is 19.4 Å². The van der Waals surface area contributed by atoms with Gasteiger partial charge in [-0.3, -0.25) is 4.79 Å². The minimum Gasteiger partial charge on any atom is -0.508 e. The van der Waals surface area contributed by atoms with Gasteiger partial charge in [0.25, 0.3) is 0 Å². The summed E-state index contributed by atoms with van der Waals surface area (Å²) in [7, 11) is 3.00. The van der Waals surface area contributed by atoms with E-state index in [1.165, 1.54) is 7.11 Å². The average Bonchev–Trinajstić information content (AvgIpc) is 3.00. The first-order valence-electron chi connectivity index (χ1n) is 8.47. The lowest BCUT2D eigenvalue weighted by Crippen LogP contribution is -2.40. The number of phenols is 1. The number of aromatic hydroxyl groups is 1. The van der Waals surface area contributed by atoms with Crippen LogP contribution in [0.2, 0.25) is 0 Å². The molecule has 138 valence electrons. The van der Waals surface area contributed by atoms with Gasteiger partial charge in [0.2, 0.25) is 0 Å². The first-order chi connectivity index (χ1) is 12.0. The standard InChI is InChI=1S/C18H27N3O4/c1-5-19-18(21-10-12(2)15(11-21)17(23)25-4)20-9-13-8-14(24-3)6-7-16(13)22/h6-8,12,15,22H,5,9-11H2,1-4H3,(H,19,20). The summed E-state index contributed by atoms with van der Waals surface area (Å²) < 4.78 is 10.1. The molecule has 0 saturated carbocycles. The number of likely N-dealkylation sites (tertiary alicyclic amines) is 1. The van der Waals surface area contributed by atoms with Gasteiger partial charge in [-0.25, -0.2) is 4.99 Å². The smallest absolute Gasteiger partial charge is 0.310 e. The van der Waals surface area contributed by atoms with Crippen LogP contribution < -0.4 is 10.1 Å². The Hall–Kier alpha value is -2.44. The Kier molecular flexibility index (Phi) is 6.50. The van der Waals surface area contributed by atoms with E-state index in [0.717, 1.165) is 19.0 Å². The molecule has 7 nitrogen and oxygen atoms in total. The number of rotatable bonds is 5. The summed E-state index contributed by atoms with van der Waals surface area (Å²) in [5, 5.41) is 13.3. The van der Waals surface area contributed by atoms with Gasteiger partial charge in [0, 0.05) is 25.2 Å².